The minimum atomic E-state index is 0.0704. The second kappa shape index (κ2) is 7.23. The Bertz CT molecular complexity index is 972. The van der Waals surface area contributed by atoms with Crippen LogP contribution in [0.15, 0.2) is 48.5 Å². The number of amides is 2. The van der Waals surface area contributed by atoms with Gasteiger partial charge < -0.3 is 14.8 Å². The van der Waals surface area contributed by atoms with Crippen molar-refractivity contribution in [3.63, 3.8) is 0 Å². The Hall–Kier alpha value is -3.15. The van der Waals surface area contributed by atoms with Crippen LogP contribution in [0.3, 0.4) is 0 Å². The molecule has 2 aromatic carbocycles. The molecule has 6 heteroatoms. The normalized spacial score (nSPS) is 14.6. The molecule has 138 valence electrons. The maximum Gasteiger partial charge on any atom is 0.227 e. The highest BCUT2D eigenvalue weighted by Gasteiger charge is 2.22. The lowest BCUT2D eigenvalue weighted by molar-refractivity contribution is -0.138. The van der Waals surface area contributed by atoms with Crippen molar-refractivity contribution in [3.8, 4) is 11.4 Å². The maximum absolute atomic E-state index is 12.6. The molecule has 0 aliphatic carbocycles. The Morgan fingerprint density at radius 2 is 1.70 bits per heavy atom. The second-order valence-corrected chi connectivity index (χ2v) is 6.87. The standard InChI is InChI=1S/C21H22N4O2/c1-15(26)24-9-11-25(12-10-24)20(27)14-16-7-8-18-19(13-16)23-21(22-18)17-5-3-2-4-6-17/h2-8,13H,9-12,14H2,1H3,(H,22,23). The van der Waals surface area contributed by atoms with Gasteiger partial charge in [-0.3, -0.25) is 9.59 Å². The number of benzene rings is 2. The number of rotatable bonds is 3. The van der Waals surface area contributed by atoms with E-state index in [0.717, 1.165) is 28.0 Å². The smallest absolute Gasteiger partial charge is 0.227 e. The summed E-state index contributed by atoms with van der Waals surface area (Å²) in [5, 5.41) is 0. The van der Waals surface area contributed by atoms with Crippen LogP contribution in [0, 0.1) is 0 Å². The topological polar surface area (TPSA) is 69.3 Å². The number of carbonyl (C=O) groups excluding carboxylic acids is 2. The van der Waals surface area contributed by atoms with Crippen LogP contribution in [-0.2, 0) is 16.0 Å². The lowest BCUT2D eigenvalue weighted by Crippen LogP contribution is -2.50. The third kappa shape index (κ3) is 3.69. The monoisotopic (exact) mass is 362 g/mol. The molecule has 0 unspecified atom stereocenters. The molecular formula is C21H22N4O2. The van der Waals surface area contributed by atoms with Crippen LogP contribution in [0.5, 0.6) is 0 Å². The van der Waals surface area contributed by atoms with E-state index < -0.39 is 0 Å². The average molecular weight is 362 g/mol. The summed E-state index contributed by atoms with van der Waals surface area (Å²) in [7, 11) is 0. The van der Waals surface area contributed by atoms with E-state index >= 15 is 0 Å². The minimum Gasteiger partial charge on any atom is -0.339 e. The van der Waals surface area contributed by atoms with E-state index in [1.54, 1.807) is 11.8 Å². The zero-order valence-corrected chi connectivity index (χ0v) is 15.3. The number of hydrogen-bond donors (Lipinski definition) is 1. The van der Waals surface area contributed by atoms with Gasteiger partial charge >= 0.3 is 0 Å². The summed E-state index contributed by atoms with van der Waals surface area (Å²) in [6.45, 7) is 3.99. The molecule has 1 aliphatic rings. The zero-order valence-electron chi connectivity index (χ0n) is 15.3. The highest BCUT2D eigenvalue weighted by Crippen LogP contribution is 2.21. The number of imidazole rings is 1. The molecule has 2 heterocycles. The van der Waals surface area contributed by atoms with Gasteiger partial charge in [-0.2, -0.15) is 0 Å². The number of aromatic nitrogens is 2. The first kappa shape index (κ1) is 17.3. The van der Waals surface area contributed by atoms with Crippen molar-refractivity contribution in [2.75, 3.05) is 26.2 Å². The Labute approximate surface area is 157 Å². The molecule has 1 aromatic heterocycles. The summed E-state index contributed by atoms with van der Waals surface area (Å²) in [5.74, 6) is 0.996. The minimum absolute atomic E-state index is 0.0704. The lowest BCUT2D eigenvalue weighted by atomic mass is 10.1. The SMILES string of the molecule is CC(=O)N1CCN(C(=O)Cc2ccc3nc(-c4ccccc4)[nH]c3c2)CC1. The molecule has 0 bridgehead atoms. The fraction of sp³-hybridized carbons (Fsp3) is 0.286. The van der Waals surface area contributed by atoms with Crippen molar-refractivity contribution in [2.24, 2.45) is 0 Å². The third-order valence-corrected chi connectivity index (χ3v) is 5.03. The first-order valence-corrected chi connectivity index (χ1v) is 9.17. The predicted molar refractivity (Wildman–Crippen MR) is 104 cm³/mol. The average Bonchev–Trinajstić information content (AvgIpc) is 3.12. The number of aromatic amines is 1. The van der Waals surface area contributed by atoms with E-state index in [4.69, 9.17) is 0 Å². The van der Waals surface area contributed by atoms with Gasteiger partial charge in [0.15, 0.2) is 0 Å². The summed E-state index contributed by atoms with van der Waals surface area (Å²) in [5.41, 5.74) is 3.82. The van der Waals surface area contributed by atoms with Crippen molar-refractivity contribution in [3.05, 3.63) is 54.1 Å². The predicted octanol–water partition coefficient (Wildman–Crippen LogP) is 2.46. The van der Waals surface area contributed by atoms with E-state index in [9.17, 15) is 9.59 Å². The molecule has 0 radical (unpaired) electrons. The first-order chi connectivity index (χ1) is 13.1. The molecule has 3 aromatic rings. The molecule has 1 saturated heterocycles. The molecule has 1 aliphatic heterocycles. The molecule has 1 N–H and O–H groups in total. The number of fused-ring (bicyclic) bond motifs is 1. The Morgan fingerprint density at radius 3 is 2.41 bits per heavy atom. The molecule has 0 saturated carbocycles. The van der Waals surface area contributed by atoms with Gasteiger partial charge in [0.2, 0.25) is 11.8 Å². The Morgan fingerprint density at radius 1 is 1.00 bits per heavy atom. The Balaban J connectivity index is 1.46. The van der Waals surface area contributed by atoms with Gasteiger partial charge in [0.1, 0.15) is 5.82 Å². The van der Waals surface area contributed by atoms with Gasteiger partial charge in [-0.25, -0.2) is 4.98 Å². The highest BCUT2D eigenvalue weighted by molar-refractivity contribution is 5.83. The number of carbonyl (C=O) groups is 2. The highest BCUT2D eigenvalue weighted by atomic mass is 16.2. The number of hydrogen-bond acceptors (Lipinski definition) is 3. The summed E-state index contributed by atoms with van der Waals surface area (Å²) >= 11 is 0. The molecule has 0 atom stereocenters. The fourth-order valence-electron chi connectivity index (χ4n) is 3.46. The largest absolute Gasteiger partial charge is 0.339 e. The van der Waals surface area contributed by atoms with Gasteiger partial charge in [-0.15, -0.1) is 0 Å². The fourth-order valence-corrected chi connectivity index (χ4v) is 3.46. The van der Waals surface area contributed by atoms with Crippen LogP contribution >= 0.6 is 0 Å². The van der Waals surface area contributed by atoms with Gasteiger partial charge in [0.05, 0.1) is 17.5 Å². The van der Waals surface area contributed by atoms with Gasteiger partial charge in [0, 0.05) is 38.7 Å². The molecule has 4 rings (SSSR count). The molecule has 27 heavy (non-hydrogen) atoms. The lowest BCUT2D eigenvalue weighted by Gasteiger charge is -2.34. The van der Waals surface area contributed by atoms with Crippen LogP contribution in [0.1, 0.15) is 12.5 Å². The summed E-state index contributed by atoms with van der Waals surface area (Å²) in [6.07, 6.45) is 0.357. The van der Waals surface area contributed by atoms with E-state index in [0.29, 0.717) is 32.6 Å². The quantitative estimate of drug-likeness (QED) is 0.778. The summed E-state index contributed by atoms with van der Waals surface area (Å²) in [6, 6.07) is 15.9. The third-order valence-electron chi connectivity index (χ3n) is 5.03. The summed E-state index contributed by atoms with van der Waals surface area (Å²) in [4.78, 5) is 35.6. The summed E-state index contributed by atoms with van der Waals surface area (Å²) < 4.78 is 0. The molecule has 0 spiro atoms. The molecule has 6 nitrogen and oxygen atoms in total. The van der Waals surface area contributed by atoms with Crippen molar-refractivity contribution < 1.29 is 9.59 Å². The van der Waals surface area contributed by atoms with Crippen LogP contribution < -0.4 is 0 Å². The van der Waals surface area contributed by atoms with Crippen molar-refractivity contribution in [1.82, 2.24) is 19.8 Å². The zero-order chi connectivity index (χ0) is 18.8. The van der Waals surface area contributed by atoms with Crippen LogP contribution in [-0.4, -0.2) is 57.8 Å². The van der Waals surface area contributed by atoms with Gasteiger partial charge in [0.25, 0.3) is 0 Å². The number of piperazine rings is 1. The first-order valence-electron chi connectivity index (χ1n) is 9.17. The van der Waals surface area contributed by atoms with Crippen molar-refractivity contribution in [2.45, 2.75) is 13.3 Å². The van der Waals surface area contributed by atoms with E-state index in [-0.39, 0.29) is 11.8 Å². The van der Waals surface area contributed by atoms with E-state index in [2.05, 4.69) is 9.97 Å². The van der Waals surface area contributed by atoms with Gasteiger partial charge in [-0.05, 0) is 17.7 Å². The molecule has 2 amide bonds. The Kier molecular flexibility index (Phi) is 4.62. The van der Waals surface area contributed by atoms with Crippen molar-refractivity contribution in [1.29, 1.82) is 0 Å². The maximum atomic E-state index is 12.6. The number of nitrogens with zero attached hydrogens (tertiary/aromatic N) is 3. The van der Waals surface area contributed by atoms with E-state index in [1.807, 2.05) is 53.4 Å². The van der Waals surface area contributed by atoms with Crippen LogP contribution in [0.4, 0.5) is 0 Å². The number of H-pyrrole nitrogens is 1. The number of nitrogens with one attached hydrogen (secondary N) is 1. The molecule has 1 fully saturated rings. The van der Waals surface area contributed by atoms with Gasteiger partial charge in [-0.1, -0.05) is 36.4 Å². The van der Waals surface area contributed by atoms with E-state index in [1.165, 1.54) is 0 Å². The van der Waals surface area contributed by atoms with Crippen LogP contribution in [0.25, 0.3) is 22.4 Å². The second-order valence-electron chi connectivity index (χ2n) is 6.87. The van der Waals surface area contributed by atoms with Crippen LogP contribution in [0.2, 0.25) is 0 Å². The van der Waals surface area contributed by atoms with Crippen molar-refractivity contribution >= 4 is 22.8 Å². The molecular weight excluding hydrogens is 340 g/mol.